The molecule has 0 spiro atoms. The highest BCUT2D eigenvalue weighted by molar-refractivity contribution is 7.99. The van der Waals surface area contributed by atoms with Crippen LogP contribution in [-0.4, -0.2) is 20.7 Å². The Morgan fingerprint density at radius 1 is 1.47 bits per heavy atom. The number of carbonyl (C=O) groups excluding carboxylic acids is 1. The van der Waals surface area contributed by atoms with Crippen LogP contribution in [0.3, 0.4) is 0 Å². The Kier molecular flexibility index (Phi) is 4.74. The summed E-state index contributed by atoms with van der Waals surface area (Å²) in [5.41, 5.74) is 0. The van der Waals surface area contributed by atoms with Crippen LogP contribution in [0.5, 0.6) is 0 Å². The molecule has 4 nitrogen and oxygen atoms in total. The molecule has 5 heteroatoms. The molecule has 1 heterocycles. The van der Waals surface area contributed by atoms with E-state index in [1.165, 1.54) is 0 Å². The molecule has 0 aliphatic carbocycles. The summed E-state index contributed by atoms with van der Waals surface area (Å²) in [6.45, 7) is 9.93. The molecule has 0 aromatic carbocycles. The molecule has 1 aromatic rings. The summed E-state index contributed by atoms with van der Waals surface area (Å²) < 4.78 is 5.32. The fourth-order valence-corrected chi connectivity index (χ4v) is 2.06. The summed E-state index contributed by atoms with van der Waals surface area (Å²) in [5, 5.41) is 3.91. The lowest BCUT2D eigenvalue weighted by Crippen LogP contribution is -2.09. The topological polar surface area (TPSA) is 56.0 Å². The lowest BCUT2D eigenvalue weighted by molar-refractivity contribution is -0.119. The number of aromatic nitrogens is 2. The summed E-state index contributed by atoms with van der Waals surface area (Å²) in [6, 6.07) is 0. The lowest BCUT2D eigenvalue weighted by Gasteiger charge is -2.15. The van der Waals surface area contributed by atoms with Crippen molar-refractivity contribution in [3.8, 4) is 0 Å². The van der Waals surface area contributed by atoms with Gasteiger partial charge < -0.3 is 4.52 Å². The van der Waals surface area contributed by atoms with E-state index in [4.69, 9.17) is 4.52 Å². The van der Waals surface area contributed by atoms with E-state index in [0.717, 1.165) is 0 Å². The smallest absolute Gasteiger partial charge is 0.237 e. The molecule has 96 valence electrons. The quantitative estimate of drug-likeness (QED) is 0.809. The predicted molar refractivity (Wildman–Crippen MR) is 69.1 cm³/mol. The fourth-order valence-electron chi connectivity index (χ4n) is 1.38. The molecule has 17 heavy (non-hydrogen) atoms. The van der Waals surface area contributed by atoms with Crippen LogP contribution < -0.4 is 0 Å². The zero-order valence-corrected chi connectivity index (χ0v) is 11.9. The van der Waals surface area contributed by atoms with Gasteiger partial charge in [0.05, 0.1) is 11.7 Å². The Morgan fingerprint density at radius 3 is 2.59 bits per heavy atom. The van der Waals surface area contributed by atoms with Gasteiger partial charge in [-0.05, 0) is 13.3 Å². The first kappa shape index (κ1) is 14.2. The maximum atomic E-state index is 11.4. The molecule has 0 amide bonds. The molecule has 0 N–H and O–H groups in total. The summed E-state index contributed by atoms with van der Waals surface area (Å²) in [4.78, 5) is 15.7. The van der Waals surface area contributed by atoms with Crippen molar-refractivity contribution in [2.75, 3.05) is 0 Å². The van der Waals surface area contributed by atoms with E-state index in [2.05, 4.69) is 30.9 Å². The van der Waals surface area contributed by atoms with Gasteiger partial charge in [0.25, 0.3) is 0 Å². The van der Waals surface area contributed by atoms with Crippen molar-refractivity contribution >= 4 is 17.5 Å². The van der Waals surface area contributed by atoms with Crippen molar-refractivity contribution in [3.05, 3.63) is 11.7 Å². The van der Waals surface area contributed by atoms with Gasteiger partial charge in [-0.25, -0.2) is 0 Å². The van der Waals surface area contributed by atoms with Crippen LogP contribution in [-0.2, 0) is 10.5 Å². The van der Waals surface area contributed by atoms with Crippen molar-refractivity contribution in [1.29, 1.82) is 0 Å². The number of rotatable bonds is 5. The molecule has 1 atom stereocenters. The van der Waals surface area contributed by atoms with Crippen LogP contribution >= 0.6 is 11.8 Å². The predicted octanol–water partition coefficient (Wildman–Crippen LogP) is 3.18. The summed E-state index contributed by atoms with van der Waals surface area (Å²) >= 11 is 1.76. The van der Waals surface area contributed by atoms with Gasteiger partial charge in [0.1, 0.15) is 5.78 Å². The van der Waals surface area contributed by atoms with E-state index in [1.807, 2.05) is 6.92 Å². The average Bonchev–Trinajstić information content (AvgIpc) is 2.63. The van der Waals surface area contributed by atoms with Gasteiger partial charge in [-0.15, -0.1) is 11.8 Å². The Bertz CT molecular complexity index is 382. The second-order valence-corrected chi connectivity index (χ2v) is 6.82. The second kappa shape index (κ2) is 5.67. The molecule has 0 fully saturated rings. The van der Waals surface area contributed by atoms with E-state index in [-0.39, 0.29) is 16.4 Å². The molecular formula is C12H20N2O2S. The molecule has 1 aromatic heterocycles. The Labute approximate surface area is 107 Å². The number of hydrogen-bond acceptors (Lipinski definition) is 5. The highest BCUT2D eigenvalue weighted by Gasteiger charge is 2.22. The number of nitrogens with zero attached hydrogens (tertiary/aromatic N) is 2. The van der Waals surface area contributed by atoms with Crippen LogP contribution in [0.4, 0.5) is 0 Å². The van der Waals surface area contributed by atoms with E-state index < -0.39 is 0 Å². The minimum absolute atomic E-state index is 0.0752. The largest absolute Gasteiger partial charge is 0.339 e. The van der Waals surface area contributed by atoms with Crippen LogP contribution in [0.25, 0.3) is 0 Å². The third kappa shape index (κ3) is 4.50. The van der Waals surface area contributed by atoms with Crippen molar-refractivity contribution in [2.45, 2.75) is 57.5 Å². The molecular weight excluding hydrogens is 236 g/mol. The van der Waals surface area contributed by atoms with E-state index in [1.54, 1.807) is 18.7 Å². The van der Waals surface area contributed by atoms with Crippen LogP contribution in [0.1, 0.15) is 58.7 Å². The monoisotopic (exact) mass is 256 g/mol. The first-order chi connectivity index (χ1) is 7.83. The van der Waals surface area contributed by atoms with Gasteiger partial charge in [0.2, 0.25) is 5.89 Å². The van der Waals surface area contributed by atoms with E-state index >= 15 is 0 Å². The minimum Gasteiger partial charge on any atom is -0.339 e. The normalized spacial score (nSPS) is 13.7. The SMILES string of the molecule is CCC(C(C)=O)c1nc(CSC(C)(C)C)no1. The summed E-state index contributed by atoms with van der Waals surface area (Å²) in [7, 11) is 0. The van der Waals surface area contributed by atoms with Crippen molar-refractivity contribution in [3.63, 3.8) is 0 Å². The highest BCUT2D eigenvalue weighted by atomic mass is 32.2. The number of carbonyl (C=O) groups is 1. The van der Waals surface area contributed by atoms with Crippen molar-refractivity contribution in [2.24, 2.45) is 0 Å². The van der Waals surface area contributed by atoms with E-state index in [0.29, 0.717) is 23.9 Å². The standard InChI is InChI=1S/C12H20N2O2S/c1-6-9(8(2)15)11-13-10(14-16-11)7-17-12(3,4)5/h9H,6-7H2,1-5H3. The molecule has 0 saturated carbocycles. The summed E-state index contributed by atoms with van der Waals surface area (Å²) in [6.07, 6.45) is 0.698. The minimum atomic E-state index is -0.254. The maximum Gasteiger partial charge on any atom is 0.237 e. The Balaban J connectivity index is 2.68. The highest BCUT2D eigenvalue weighted by Crippen LogP contribution is 2.27. The molecule has 0 aliphatic rings. The Morgan fingerprint density at radius 2 is 2.12 bits per heavy atom. The summed E-state index contributed by atoms with van der Waals surface area (Å²) in [5.74, 6) is 1.65. The van der Waals surface area contributed by atoms with Gasteiger partial charge in [-0.3, -0.25) is 4.79 Å². The van der Waals surface area contributed by atoms with Crippen LogP contribution in [0, 0.1) is 0 Å². The number of Topliss-reactive ketones (excluding diaryl/α,β-unsaturated/α-hetero) is 1. The average molecular weight is 256 g/mol. The third-order valence-electron chi connectivity index (χ3n) is 2.32. The van der Waals surface area contributed by atoms with Gasteiger partial charge in [-0.2, -0.15) is 4.98 Å². The number of thioether (sulfide) groups is 1. The maximum absolute atomic E-state index is 11.4. The molecule has 0 aliphatic heterocycles. The Hall–Kier alpha value is -0.840. The van der Waals surface area contributed by atoms with Gasteiger partial charge in [0, 0.05) is 4.75 Å². The lowest BCUT2D eigenvalue weighted by atomic mass is 10.0. The van der Waals surface area contributed by atoms with E-state index in [9.17, 15) is 4.79 Å². The first-order valence-electron chi connectivity index (χ1n) is 5.80. The molecule has 0 saturated heterocycles. The molecule has 0 bridgehead atoms. The molecule has 1 unspecified atom stereocenters. The first-order valence-corrected chi connectivity index (χ1v) is 6.79. The number of ketones is 1. The van der Waals surface area contributed by atoms with Crippen molar-refractivity contribution in [1.82, 2.24) is 10.1 Å². The molecule has 1 rings (SSSR count). The van der Waals surface area contributed by atoms with Gasteiger partial charge >= 0.3 is 0 Å². The van der Waals surface area contributed by atoms with Crippen molar-refractivity contribution < 1.29 is 9.32 Å². The zero-order chi connectivity index (χ0) is 13.1. The molecule has 0 radical (unpaired) electrons. The van der Waals surface area contributed by atoms with Crippen LogP contribution in [0.15, 0.2) is 4.52 Å². The number of hydrogen-bond donors (Lipinski definition) is 0. The van der Waals surface area contributed by atoms with Gasteiger partial charge in [-0.1, -0.05) is 32.9 Å². The van der Waals surface area contributed by atoms with Crippen LogP contribution in [0.2, 0.25) is 0 Å². The third-order valence-corrected chi connectivity index (χ3v) is 3.58. The fraction of sp³-hybridized carbons (Fsp3) is 0.750. The van der Waals surface area contributed by atoms with Gasteiger partial charge in [0.15, 0.2) is 5.82 Å². The zero-order valence-electron chi connectivity index (χ0n) is 11.1. The second-order valence-electron chi connectivity index (χ2n) is 5.02.